The van der Waals surface area contributed by atoms with Gasteiger partial charge in [0.2, 0.25) is 0 Å². The number of phenols is 1. The molecule has 42 heavy (non-hydrogen) atoms. The summed E-state index contributed by atoms with van der Waals surface area (Å²) in [6.07, 6.45) is 1.69. The number of nitrogens with one attached hydrogen (secondary N) is 2. The largest absolute Gasteiger partial charge is 0.506 e. The van der Waals surface area contributed by atoms with Gasteiger partial charge in [0.25, 0.3) is 0 Å². The van der Waals surface area contributed by atoms with E-state index in [-0.39, 0.29) is 27.4 Å². The fourth-order valence-corrected chi connectivity index (χ4v) is 7.50. The number of amides is 2. The molecule has 6 rings (SSSR count). The van der Waals surface area contributed by atoms with Crippen LogP contribution in [-0.2, 0) is 5.41 Å². The summed E-state index contributed by atoms with van der Waals surface area (Å²) in [5.41, 5.74) is 2.65. The molecule has 7 nitrogen and oxygen atoms in total. The van der Waals surface area contributed by atoms with Crippen molar-refractivity contribution in [3.63, 3.8) is 0 Å². The van der Waals surface area contributed by atoms with Crippen molar-refractivity contribution in [3.05, 3.63) is 70.8 Å². The molecule has 0 radical (unpaired) electrons. The second-order valence-electron chi connectivity index (χ2n) is 12.4. The van der Waals surface area contributed by atoms with E-state index in [0.29, 0.717) is 33.2 Å². The van der Waals surface area contributed by atoms with Gasteiger partial charge in [0.05, 0.1) is 27.3 Å². The summed E-state index contributed by atoms with van der Waals surface area (Å²) in [6.45, 7) is 9.98. The predicted octanol–water partition coefficient (Wildman–Crippen LogP) is 8.11. The third kappa shape index (κ3) is 5.50. The third-order valence-electron chi connectivity index (χ3n) is 7.95. The molecule has 2 amide bonds. The number of urea groups is 1. The molecule has 4 aromatic rings. The van der Waals surface area contributed by atoms with E-state index in [9.17, 15) is 18.7 Å². The van der Waals surface area contributed by atoms with Gasteiger partial charge in [0.15, 0.2) is 5.13 Å². The Kier molecular flexibility index (Phi) is 7.27. The number of aromatic nitrogens is 1. The molecule has 1 saturated heterocycles. The Labute approximate surface area is 252 Å². The molecule has 220 valence electrons. The third-order valence-corrected chi connectivity index (χ3v) is 9.20. The lowest BCUT2D eigenvalue weighted by atomic mass is 9.74. The highest BCUT2D eigenvalue weighted by molar-refractivity contribution is 7.22. The van der Waals surface area contributed by atoms with Gasteiger partial charge in [-0.25, -0.2) is 18.6 Å². The zero-order chi connectivity index (χ0) is 29.8. The van der Waals surface area contributed by atoms with Crippen LogP contribution in [-0.4, -0.2) is 47.2 Å². The van der Waals surface area contributed by atoms with Gasteiger partial charge < -0.3 is 20.2 Å². The van der Waals surface area contributed by atoms with Gasteiger partial charge in [0, 0.05) is 29.1 Å². The number of rotatable bonds is 4. The molecule has 0 saturated carbocycles. The number of nitrogens with zero attached hydrogens (tertiary/aromatic N) is 3. The second kappa shape index (κ2) is 10.7. The zero-order valence-electron chi connectivity index (χ0n) is 23.6. The molecule has 0 aliphatic carbocycles. The fraction of sp³-hybridized carbons (Fsp3) is 0.355. The minimum Gasteiger partial charge on any atom is -0.506 e. The monoisotopic (exact) mass is 611 g/mol. The number of thiazole rings is 1. The van der Waals surface area contributed by atoms with E-state index in [1.807, 2.05) is 4.90 Å². The van der Waals surface area contributed by atoms with Crippen LogP contribution < -0.4 is 15.5 Å². The lowest BCUT2D eigenvalue weighted by molar-refractivity contribution is 0.125. The summed E-state index contributed by atoms with van der Waals surface area (Å²) >= 11 is 7.96. The molecular weight excluding hydrogens is 580 g/mol. The summed E-state index contributed by atoms with van der Waals surface area (Å²) in [5, 5.41) is 17.4. The number of fused-ring (bicyclic) bond motifs is 3. The molecule has 0 unspecified atom stereocenters. The van der Waals surface area contributed by atoms with Crippen LogP contribution in [0.15, 0.2) is 48.5 Å². The summed E-state index contributed by atoms with van der Waals surface area (Å²) in [4.78, 5) is 21.8. The maximum atomic E-state index is 14.5. The highest BCUT2D eigenvalue weighted by atomic mass is 35.5. The summed E-state index contributed by atoms with van der Waals surface area (Å²) in [6, 6.07) is 11.1. The molecule has 3 N–H and O–H groups in total. The highest BCUT2D eigenvalue weighted by Gasteiger charge is 2.48. The van der Waals surface area contributed by atoms with E-state index in [0.717, 1.165) is 49.4 Å². The Morgan fingerprint density at radius 2 is 1.79 bits per heavy atom. The molecular formula is C31H32ClF2N5O2S. The van der Waals surface area contributed by atoms with Crippen LogP contribution in [0.25, 0.3) is 10.2 Å². The quantitative estimate of drug-likeness (QED) is 0.217. The number of hydrogen-bond acceptors (Lipinski definition) is 6. The van der Waals surface area contributed by atoms with Crippen molar-refractivity contribution < 1.29 is 18.7 Å². The topological polar surface area (TPSA) is 80.7 Å². The van der Waals surface area contributed by atoms with Crippen LogP contribution in [0.3, 0.4) is 0 Å². The number of piperidine rings is 1. The predicted molar refractivity (Wildman–Crippen MR) is 166 cm³/mol. The van der Waals surface area contributed by atoms with Gasteiger partial charge in [-0.1, -0.05) is 43.7 Å². The van der Waals surface area contributed by atoms with Crippen molar-refractivity contribution in [3.8, 4) is 5.75 Å². The maximum Gasteiger partial charge on any atom is 0.325 e. The first-order valence-electron chi connectivity index (χ1n) is 13.9. The number of phenolic OH excluding ortho intramolecular Hbond substituents is 1. The van der Waals surface area contributed by atoms with Gasteiger partial charge in [-0.2, -0.15) is 0 Å². The normalized spacial score (nSPS) is 16.7. The number of carbonyl (C=O) groups excluding carboxylic acids is 1. The number of benzene rings is 3. The average Bonchev–Trinajstić information content (AvgIpc) is 3.46. The molecule has 3 aromatic carbocycles. The van der Waals surface area contributed by atoms with E-state index < -0.39 is 17.7 Å². The molecule has 2 aliphatic heterocycles. The van der Waals surface area contributed by atoms with Crippen molar-refractivity contribution in [1.82, 2.24) is 9.88 Å². The standard InChI is InChI=1S/C31H32ClF2N5O2S/c1-30(2,3)16-38-12-10-31(11-13-38)17-39(27-24(40)9-6-20(32)26(27)31)23-8-5-18(33)14-22(23)35-28(41)37-29-36-21-7-4-19(34)15-25(21)42-29/h4-9,14-15,40H,10-13,16-17H2,1-3H3,(H2,35,36,37,41). The average molecular weight is 612 g/mol. The second-order valence-corrected chi connectivity index (χ2v) is 13.8. The van der Waals surface area contributed by atoms with Gasteiger partial charge >= 0.3 is 6.03 Å². The van der Waals surface area contributed by atoms with E-state index >= 15 is 0 Å². The molecule has 1 aromatic heterocycles. The lowest BCUT2D eigenvalue weighted by Crippen LogP contribution is -2.47. The van der Waals surface area contributed by atoms with Crippen molar-refractivity contribution in [1.29, 1.82) is 0 Å². The zero-order valence-corrected chi connectivity index (χ0v) is 25.2. The maximum absolute atomic E-state index is 14.5. The van der Waals surface area contributed by atoms with Gasteiger partial charge in [-0.3, -0.25) is 5.32 Å². The van der Waals surface area contributed by atoms with E-state index in [4.69, 9.17) is 11.6 Å². The van der Waals surface area contributed by atoms with Crippen LogP contribution >= 0.6 is 22.9 Å². The lowest BCUT2D eigenvalue weighted by Gasteiger charge is -2.42. The van der Waals surface area contributed by atoms with Crippen molar-refractivity contribution in [2.45, 2.75) is 39.0 Å². The van der Waals surface area contributed by atoms with Crippen LogP contribution in [0.4, 0.5) is 35.8 Å². The summed E-state index contributed by atoms with van der Waals surface area (Å²) in [5.74, 6) is -0.840. The molecule has 0 atom stereocenters. The number of anilines is 4. The van der Waals surface area contributed by atoms with Crippen molar-refractivity contribution in [2.75, 3.05) is 41.7 Å². The van der Waals surface area contributed by atoms with Gasteiger partial charge in [-0.05, 0) is 79.9 Å². The molecule has 2 aliphatic rings. The van der Waals surface area contributed by atoms with Gasteiger partial charge in [-0.15, -0.1) is 0 Å². The Bertz CT molecular complexity index is 1680. The summed E-state index contributed by atoms with van der Waals surface area (Å²) < 4.78 is 28.7. The first-order chi connectivity index (χ1) is 19.9. The highest BCUT2D eigenvalue weighted by Crippen LogP contribution is 2.56. The van der Waals surface area contributed by atoms with Crippen molar-refractivity contribution in [2.24, 2.45) is 5.41 Å². The van der Waals surface area contributed by atoms with Crippen LogP contribution in [0, 0.1) is 17.0 Å². The fourth-order valence-electron chi connectivity index (χ4n) is 6.26. The van der Waals surface area contributed by atoms with Crippen LogP contribution in [0.1, 0.15) is 39.2 Å². The van der Waals surface area contributed by atoms with E-state index in [1.165, 1.54) is 24.3 Å². The minimum absolute atomic E-state index is 0.0739. The van der Waals surface area contributed by atoms with Gasteiger partial charge in [0.1, 0.15) is 17.4 Å². The minimum atomic E-state index is -0.624. The number of aromatic hydroxyl groups is 1. The molecule has 1 fully saturated rings. The Hall–Kier alpha value is -3.47. The Morgan fingerprint density at radius 1 is 1.07 bits per heavy atom. The molecule has 3 heterocycles. The SMILES string of the molecule is CC(C)(C)CN1CCC2(CC1)CN(c1ccc(F)cc1NC(=O)Nc1nc3ccc(F)cc3s1)c1c(O)ccc(Cl)c12. The first-order valence-corrected chi connectivity index (χ1v) is 15.1. The van der Waals surface area contributed by atoms with E-state index in [1.54, 1.807) is 24.3 Å². The molecule has 0 bridgehead atoms. The van der Waals surface area contributed by atoms with E-state index in [2.05, 4.69) is 41.3 Å². The van der Waals surface area contributed by atoms with Crippen LogP contribution in [0.2, 0.25) is 5.02 Å². The number of carbonyl (C=O) groups is 1. The Balaban J connectivity index is 1.30. The molecule has 1 spiro atoms. The van der Waals surface area contributed by atoms with Crippen LogP contribution in [0.5, 0.6) is 5.75 Å². The smallest absolute Gasteiger partial charge is 0.325 e. The molecule has 11 heteroatoms. The first kappa shape index (κ1) is 28.6. The number of halogens is 3. The summed E-state index contributed by atoms with van der Waals surface area (Å²) in [7, 11) is 0. The van der Waals surface area contributed by atoms with Crippen molar-refractivity contribution >= 4 is 61.4 Å². The Morgan fingerprint density at radius 3 is 2.52 bits per heavy atom. The number of likely N-dealkylation sites (tertiary alicyclic amines) is 1. The number of hydrogen-bond donors (Lipinski definition) is 3.